The number of amides is 1. The fraction of sp³-hybridized carbons (Fsp3) is 0.500. The van der Waals surface area contributed by atoms with Gasteiger partial charge in [-0.15, -0.1) is 0 Å². The van der Waals surface area contributed by atoms with Crippen LogP contribution in [0, 0.1) is 0 Å². The molecule has 3 N–H and O–H groups in total. The molecule has 0 unspecified atom stereocenters. The van der Waals surface area contributed by atoms with Crippen molar-refractivity contribution in [3.05, 3.63) is 23.4 Å². The highest BCUT2D eigenvalue weighted by atomic mass is 19.4. The van der Waals surface area contributed by atoms with Gasteiger partial charge in [-0.1, -0.05) is 0 Å². The Kier molecular flexibility index (Phi) is 5.32. The van der Waals surface area contributed by atoms with E-state index in [1.165, 1.54) is 0 Å². The van der Waals surface area contributed by atoms with Gasteiger partial charge in [0.25, 0.3) is 5.91 Å². The first-order valence-corrected chi connectivity index (χ1v) is 5.95. The summed E-state index contributed by atoms with van der Waals surface area (Å²) in [6.45, 7) is 4.15. The van der Waals surface area contributed by atoms with Crippen molar-refractivity contribution in [3.63, 3.8) is 0 Å². The number of aromatic nitrogens is 1. The first-order chi connectivity index (χ1) is 9.21. The predicted molar refractivity (Wildman–Crippen MR) is 67.3 cm³/mol. The van der Waals surface area contributed by atoms with Crippen LogP contribution in [0.15, 0.2) is 12.1 Å². The summed E-state index contributed by atoms with van der Waals surface area (Å²) in [4.78, 5) is 14.5. The van der Waals surface area contributed by atoms with Crippen LogP contribution in [0.4, 0.5) is 19.0 Å². The molecule has 1 aromatic rings. The molecule has 0 atom stereocenters. The number of carbonyl (C=O) groups is 1. The second-order valence-electron chi connectivity index (χ2n) is 4.30. The van der Waals surface area contributed by atoms with Crippen LogP contribution in [0.1, 0.15) is 29.9 Å². The van der Waals surface area contributed by atoms with Crippen LogP contribution in [0.2, 0.25) is 0 Å². The quantitative estimate of drug-likeness (QED) is 0.786. The number of pyridine rings is 1. The molecule has 0 bridgehead atoms. The van der Waals surface area contributed by atoms with Gasteiger partial charge in [0, 0.05) is 6.54 Å². The van der Waals surface area contributed by atoms with Crippen molar-refractivity contribution in [2.75, 3.05) is 18.5 Å². The highest BCUT2D eigenvalue weighted by molar-refractivity contribution is 5.97. The van der Waals surface area contributed by atoms with Crippen molar-refractivity contribution in [2.45, 2.75) is 26.1 Å². The highest BCUT2D eigenvalue weighted by Crippen LogP contribution is 2.29. The number of nitrogens with zero attached hydrogens (tertiary/aromatic N) is 1. The lowest BCUT2D eigenvalue weighted by molar-refractivity contribution is -0.141. The summed E-state index contributed by atoms with van der Waals surface area (Å²) >= 11 is 0. The Hall–Kier alpha value is -1.83. The molecular weight excluding hydrogens is 275 g/mol. The van der Waals surface area contributed by atoms with Gasteiger partial charge < -0.3 is 15.8 Å². The van der Waals surface area contributed by atoms with Crippen molar-refractivity contribution >= 4 is 11.7 Å². The summed E-state index contributed by atoms with van der Waals surface area (Å²) in [6, 6.07) is 1.72. The van der Waals surface area contributed by atoms with Gasteiger partial charge >= 0.3 is 6.18 Å². The van der Waals surface area contributed by atoms with Crippen LogP contribution in [0.5, 0.6) is 0 Å². The lowest BCUT2D eigenvalue weighted by Crippen LogP contribution is -2.20. The molecule has 0 saturated heterocycles. The van der Waals surface area contributed by atoms with Crippen LogP contribution in [-0.4, -0.2) is 30.1 Å². The number of carbonyl (C=O) groups excluding carboxylic acids is 1. The molecule has 5 nitrogen and oxygen atoms in total. The number of rotatable bonds is 6. The number of hydrogen-bond acceptors (Lipinski definition) is 4. The molecule has 0 radical (unpaired) electrons. The normalized spacial score (nSPS) is 11.7. The molecule has 0 aliphatic carbocycles. The van der Waals surface area contributed by atoms with Crippen molar-refractivity contribution in [1.82, 2.24) is 4.98 Å². The minimum atomic E-state index is -4.58. The Balaban J connectivity index is 2.87. The summed E-state index contributed by atoms with van der Waals surface area (Å²) < 4.78 is 42.9. The second kappa shape index (κ2) is 6.56. The standard InChI is InChI=1S/C12H16F3N3O2/c1-7(2)20-6-5-17-11-8(10(16)19)3-4-9(18-11)12(13,14)15/h3-4,7H,5-6H2,1-2H3,(H2,16,19)(H,17,18). The minimum Gasteiger partial charge on any atom is -0.377 e. The Morgan fingerprint density at radius 2 is 2.10 bits per heavy atom. The van der Waals surface area contributed by atoms with Gasteiger partial charge in [0.2, 0.25) is 0 Å². The third-order valence-electron chi connectivity index (χ3n) is 2.30. The summed E-state index contributed by atoms with van der Waals surface area (Å²) in [5.74, 6) is -1.04. The summed E-state index contributed by atoms with van der Waals surface area (Å²) in [7, 11) is 0. The van der Waals surface area contributed by atoms with Crippen molar-refractivity contribution < 1.29 is 22.7 Å². The van der Waals surface area contributed by atoms with E-state index in [-0.39, 0.29) is 30.6 Å². The SMILES string of the molecule is CC(C)OCCNc1nc(C(F)(F)F)ccc1C(N)=O. The maximum absolute atomic E-state index is 12.6. The molecule has 0 saturated carbocycles. The monoisotopic (exact) mass is 291 g/mol. The van der Waals surface area contributed by atoms with Gasteiger partial charge in [0.05, 0.1) is 18.3 Å². The Bertz CT molecular complexity index is 476. The molecule has 1 rings (SSSR count). The maximum Gasteiger partial charge on any atom is 0.433 e. The molecule has 0 aliphatic rings. The number of primary amides is 1. The number of nitrogens with two attached hydrogens (primary N) is 1. The van der Waals surface area contributed by atoms with E-state index in [0.29, 0.717) is 0 Å². The Morgan fingerprint density at radius 3 is 2.60 bits per heavy atom. The van der Waals surface area contributed by atoms with E-state index in [2.05, 4.69) is 10.3 Å². The van der Waals surface area contributed by atoms with E-state index in [0.717, 1.165) is 12.1 Å². The molecule has 1 amide bonds. The molecule has 1 heterocycles. The molecule has 8 heteroatoms. The average Bonchev–Trinajstić information content (AvgIpc) is 2.32. The summed E-state index contributed by atoms with van der Waals surface area (Å²) in [5, 5.41) is 2.63. The Morgan fingerprint density at radius 1 is 1.45 bits per heavy atom. The molecule has 0 aliphatic heterocycles. The number of anilines is 1. The van der Waals surface area contributed by atoms with Crippen LogP contribution >= 0.6 is 0 Å². The van der Waals surface area contributed by atoms with Crippen LogP contribution in [-0.2, 0) is 10.9 Å². The fourth-order valence-electron chi connectivity index (χ4n) is 1.41. The minimum absolute atomic E-state index is 0.00174. The molecular formula is C12H16F3N3O2. The maximum atomic E-state index is 12.6. The van der Waals surface area contributed by atoms with Crippen LogP contribution in [0.3, 0.4) is 0 Å². The molecule has 1 aromatic heterocycles. The number of alkyl halides is 3. The molecule has 20 heavy (non-hydrogen) atoms. The van der Waals surface area contributed by atoms with E-state index in [1.807, 2.05) is 13.8 Å². The lowest BCUT2D eigenvalue weighted by atomic mass is 10.2. The van der Waals surface area contributed by atoms with E-state index in [9.17, 15) is 18.0 Å². The Labute approximate surface area is 114 Å². The van der Waals surface area contributed by atoms with Gasteiger partial charge in [-0.2, -0.15) is 13.2 Å². The predicted octanol–water partition coefficient (Wildman–Crippen LogP) is 2.04. The van der Waals surface area contributed by atoms with Crippen LogP contribution < -0.4 is 11.1 Å². The van der Waals surface area contributed by atoms with Gasteiger partial charge in [0.1, 0.15) is 11.5 Å². The molecule has 0 aromatic carbocycles. The van der Waals surface area contributed by atoms with Gasteiger partial charge in [0.15, 0.2) is 0 Å². The van der Waals surface area contributed by atoms with Crippen LogP contribution in [0.25, 0.3) is 0 Å². The van der Waals surface area contributed by atoms with E-state index in [4.69, 9.17) is 10.5 Å². The average molecular weight is 291 g/mol. The van der Waals surface area contributed by atoms with E-state index >= 15 is 0 Å². The third-order valence-corrected chi connectivity index (χ3v) is 2.30. The topological polar surface area (TPSA) is 77.2 Å². The number of hydrogen-bond donors (Lipinski definition) is 2. The third kappa shape index (κ3) is 4.69. The highest BCUT2D eigenvalue weighted by Gasteiger charge is 2.33. The molecule has 0 spiro atoms. The molecule has 0 fully saturated rings. The van der Waals surface area contributed by atoms with E-state index < -0.39 is 17.8 Å². The summed E-state index contributed by atoms with van der Waals surface area (Å²) in [5.41, 5.74) is 3.91. The number of nitrogens with one attached hydrogen (secondary N) is 1. The van der Waals surface area contributed by atoms with Crippen molar-refractivity contribution in [2.24, 2.45) is 5.73 Å². The zero-order chi connectivity index (χ0) is 15.3. The first-order valence-electron chi connectivity index (χ1n) is 5.95. The fourth-order valence-corrected chi connectivity index (χ4v) is 1.41. The second-order valence-corrected chi connectivity index (χ2v) is 4.30. The smallest absolute Gasteiger partial charge is 0.377 e. The zero-order valence-electron chi connectivity index (χ0n) is 11.1. The van der Waals surface area contributed by atoms with E-state index in [1.54, 1.807) is 0 Å². The van der Waals surface area contributed by atoms with Crippen molar-refractivity contribution in [1.29, 1.82) is 0 Å². The lowest BCUT2D eigenvalue weighted by Gasteiger charge is -2.13. The number of ether oxygens (including phenoxy) is 1. The van der Waals surface area contributed by atoms with Gasteiger partial charge in [-0.3, -0.25) is 4.79 Å². The van der Waals surface area contributed by atoms with Gasteiger partial charge in [-0.25, -0.2) is 4.98 Å². The summed E-state index contributed by atoms with van der Waals surface area (Å²) in [6.07, 6.45) is -4.58. The zero-order valence-corrected chi connectivity index (χ0v) is 11.1. The largest absolute Gasteiger partial charge is 0.433 e. The van der Waals surface area contributed by atoms with Crippen molar-refractivity contribution in [3.8, 4) is 0 Å². The molecule has 112 valence electrons. The number of halogens is 3. The van der Waals surface area contributed by atoms with Gasteiger partial charge in [-0.05, 0) is 26.0 Å². The first kappa shape index (κ1) is 16.2.